The van der Waals surface area contributed by atoms with E-state index in [0.717, 1.165) is 0 Å². The lowest BCUT2D eigenvalue weighted by atomic mass is 10.2. The molecule has 1 amide bonds. The van der Waals surface area contributed by atoms with Crippen LogP contribution < -0.4 is 10.6 Å². The van der Waals surface area contributed by atoms with E-state index in [0.29, 0.717) is 44.0 Å². The number of hydrogen-bond donors (Lipinski definition) is 3. The number of aromatic amines is 1. The lowest BCUT2D eigenvalue weighted by Crippen LogP contribution is -2.11. The molecule has 0 bridgehead atoms. The van der Waals surface area contributed by atoms with Crippen LogP contribution in [0.4, 0.5) is 21.7 Å². The van der Waals surface area contributed by atoms with Crippen LogP contribution in [-0.2, 0) is 0 Å². The highest BCUT2D eigenvalue weighted by molar-refractivity contribution is 9.10. The maximum Gasteiger partial charge on any atom is 0.255 e. The van der Waals surface area contributed by atoms with E-state index in [1.807, 2.05) is 0 Å². The molecule has 0 spiro atoms. The van der Waals surface area contributed by atoms with Gasteiger partial charge in [-0.05, 0) is 64.5 Å². The summed E-state index contributed by atoms with van der Waals surface area (Å²) in [6.45, 7) is 0. The molecular weight excluding hydrogens is 482 g/mol. The van der Waals surface area contributed by atoms with Crippen LogP contribution in [0.1, 0.15) is 10.4 Å². The summed E-state index contributed by atoms with van der Waals surface area (Å²) in [4.78, 5) is 20.1. The van der Waals surface area contributed by atoms with Crippen LogP contribution in [0.3, 0.4) is 0 Å². The molecule has 1 aromatic heterocycles. The fourth-order valence-corrected chi connectivity index (χ4v) is 3.59. The number of nitrogens with zero attached hydrogens (tertiary/aromatic N) is 1. The number of rotatable bonds is 4. The minimum absolute atomic E-state index is 0.272. The number of anilines is 3. The minimum Gasteiger partial charge on any atom is -0.324 e. The van der Waals surface area contributed by atoms with E-state index in [1.165, 1.54) is 18.2 Å². The minimum atomic E-state index is -0.402. The van der Waals surface area contributed by atoms with Crippen molar-refractivity contribution in [1.29, 1.82) is 0 Å². The molecule has 3 N–H and O–H groups in total. The predicted molar refractivity (Wildman–Crippen MR) is 118 cm³/mol. The highest BCUT2D eigenvalue weighted by Crippen LogP contribution is 2.32. The Morgan fingerprint density at radius 2 is 1.83 bits per heavy atom. The number of amides is 1. The van der Waals surface area contributed by atoms with E-state index in [4.69, 9.17) is 23.2 Å². The van der Waals surface area contributed by atoms with E-state index in [9.17, 15) is 9.18 Å². The lowest BCUT2D eigenvalue weighted by molar-refractivity contribution is 0.102. The van der Waals surface area contributed by atoms with Gasteiger partial charge in [0, 0.05) is 11.3 Å². The Bertz CT molecular complexity index is 1220. The van der Waals surface area contributed by atoms with E-state index >= 15 is 0 Å². The standard InChI is InChI=1S/C20H12BrCl2FN4O/c21-12-9-11(5-6-15(12)24)25-19(29)10-4-7-16-17(8-10)27-20(26-16)28-18-13(22)2-1-3-14(18)23/h1-9H,(H,25,29)(H2,26,27,28). The quantitative estimate of drug-likeness (QED) is 0.294. The lowest BCUT2D eigenvalue weighted by Gasteiger charge is -2.07. The first-order chi connectivity index (χ1) is 13.9. The Balaban J connectivity index is 1.58. The zero-order valence-corrected chi connectivity index (χ0v) is 17.7. The SMILES string of the molecule is O=C(Nc1ccc(F)c(Br)c1)c1ccc2nc(Nc3c(Cl)cccc3Cl)[nH]c2c1. The molecule has 3 aromatic carbocycles. The van der Waals surface area contributed by atoms with Crippen molar-refractivity contribution in [2.45, 2.75) is 0 Å². The molecule has 4 aromatic rings. The van der Waals surface area contributed by atoms with Gasteiger partial charge in [-0.3, -0.25) is 4.79 Å². The first kappa shape index (κ1) is 19.7. The highest BCUT2D eigenvalue weighted by atomic mass is 79.9. The molecule has 0 radical (unpaired) electrons. The number of carbonyl (C=O) groups excluding carboxylic acids is 1. The first-order valence-electron chi connectivity index (χ1n) is 8.38. The molecule has 0 saturated carbocycles. The third kappa shape index (κ3) is 4.22. The van der Waals surface area contributed by atoms with Crippen molar-refractivity contribution in [3.05, 3.63) is 80.5 Å². The molecule has 1 heterocycles. The zero-order chi connectivity index (χ0) is 20.5. The van der Waals surface area contributed by atoms with Crippen LogP contribution in [-0.4, -0.2) is 15.9 Å². The van der Waals surface area contributed by atoms with Gasteiger partial charge in [0.25, 0.3) is 5.91 Å². The average molecular weight is 494 g/mol. The highest BCUT2D eigenvalue weighted by Gasteiger charge is 2.12. The first-order valence-corrected chi connectivity index (χ1v) is 9.93. The number of benzene rings is 3. The average Bonchev–Trinajstić information content (AvgIpc) is 3.09. The van der Waals surface area contributed by atoms with Gasteiger partial charge in [0.2, 0.25) is 5.95 Å². The van der Waals surface area contributed by atoms with E-state index in [2.05, 4.69) is 36.5 Å². The summed E-state index contributed by atoms with van der Waals surface area (Å²) in [7, 11) is 0. The van der Waals surface area contributed by atoms with Gasteiger partial charge < -0.3 is 15.6 Å². The van der Waals surface area contributed by atoms with E-state index < -0.39 is 5.82 Å². The van der Waals surface area contributed by atoms with Crippen molar-refractivity contribution < 1.29 is 9.18 Å². The van der Waals surface area contributed by atoms with Crippen LogP contribution in [0, 0.1) is 5.82 Å². The maximum absolute atomic E-state index is 13.3. The van der Waals surface area contributed by atoms with Gasteiger partial charge in [0.15, 0.2) is 0 Å². The van der Waals surface area contributed by atoms with Crippen LogP contribution in [0.5, 0.6) is 0 Å². The van der Waals surface area contributed by atoms with Crippen molar-refractivity contribution in [3.63, 3.8) is 0 Å². The Morgan fingerprint density at radius 1 is 1.07 bits per heavy atom. The molecule has 9 heteroatoms. The molecule has 0 aliphatic carbocycles. The topological polar surface area (TPSA) is 69.8 Å². The second-order valence-electron chi connectivity index (χ2n) is 6.12. The Hall–Kier alpha value is -2.61. The van der Waals surface area contributed by atoms with Gasteiger partial charge in [-0.1, -0.05) is 29.3 Å². The van der Waals surface area contributed by atoms with Gasteiger partial charge in [0.1, 0.15) is 5.82 Å². The summed E-state index contributed by atoms with van der Waals surface area (Å²) in [5.74, 6) is -0.292. The Labute approximate surface area is 183 Å². The number of halogens is 4. The summed E-state index contributed by atoms with van der Waals surface area (Å²) in [5.41, 5.74) is 2.75. The molecule has 0 unspecified atom stereocenters. The summed E-state index contributed by atoms with van der Waals surface area (Å²) in [6, 6.07) is 14.5. The summed E-state index contributed by atoms with van der Waals surface area (Å²) >= 11 is 15.4. The van der Waals surface area contributed by atoms with Gasteiger partial charge in [-0.15, -0.1) is 0 Å². The van der Waals surface area contributed by atoms with Crippen molar-refractivity contribution in [1.82, 2.24) is 9.97 Å². The van der Waals surface area contributed by atoms with Gasteiger partial charge in [0.05, 0.1) is 31.2 Å². The number of para-hydroxylation sites is 1. The number of carbonyl (C=O) groups is 1. The molecule has 146 valence electrons. The Kier molecular flexibility index (Phi) is 5.45. The normalized spacial score (nSPS) is 10.9. The molecule has 0 saturated heterocycles. The van der Waals surface area contributed by atoms with Crippen LogP contribution >= 0.6 is 39.1 Å². The molecule has 4 rings (SSSR count). The second kappa shape index (κ2) is 8.02. The van der Waals surface area contributed by atoms with E-state index in [-0.39, 0.29) is 10.4 Å². The monoisotopic (exact) mass is 492 g/mol. The van der Waals surface area contributed by atoms with Crippen molar-refractivity contribution in [3.8, 4) is 0 Å². The number of hydrogen-bond acceptors (Lipinski definition) is 3. The number of H-pyrrole nitrogens is 1. The molecule has 5 nitrogen and oxygen atoms in total. The molecule has 0 fully saturated rings. The Morgan fingerprint density at radius 3 is 2.55 bits per heavy atom. The molecule has 0 aliphatic heterocycles. The van der Waals surface area contributed by atoms with Crippen LogP contribution in [0.2, 0.25) is 10.0 Å². The van der Waals surface area contributed by atoms with Crippen LogP contribution in [0.15, 0.2) is 59.1 Å². The fourth-order valence-electron chi connectivity index (χ4n) is 2.72. The third-order valence-corrected chi connectivity index (χ3v) is 5.37. The van der Waals surface area contributed by atoms with Gasteiger partial charge >= 0.3 is 0 Å². The maximum atomic E-state index is 13.3. The van der Waals surface area contributed by atoms with Crippen LogP contribution in [0.25, 0.3) is 11.0 Å². The summed E-state index contributed by atoms with van der Waals surface area (Å²) in [6.07, 6.45) is 0. The fraction of sp³-hybridized carbons (Fsp3) is 0. The molecule has 0 aliphatic rings. The smallest absolute Gasteiger partial charge is 0.255 e. The van der Waals surface area contributed by atoms with E-state index in [1.54, 1.807) is 36.4 Å². The van der Waals surface area contributed by atoms with Crippen molar-refractivity contribution in [2.24, 2.45) is 0 Å². The summed E-state index contributed by atoms with van der Waals surface area (Å²) < 4.78 is 13.6. The number of aromatic nitrogens is 2. The van der Waals surface area contributed by atoms with Crippen molar-refractivity contribution >= 4 is 73.4 Å². The number of fused-ring (bicyclic) bond motifs is 1. The largest absolute Gasteiger partial charge is 0.324 e. The zero-order valence-electron chi connectivity index (χ0n) is 14.6. The number of imidazole rings is 1. The molecule has 29 heavy (non-hydrogen) atoms. The summed E-state index contributed by atoms with van der Waals surface area (Å²) in [5, 5.41) is 6.71. The van der Waals surface area contributed by atoms with Gasteiger partial charge in [-0.2, -0.15) is 0 Å². The molecule has 0 atom stereocenters. The van der Waals surface area contributed by atoms with Gasteiger partial charge in [-0.25, -0.2) is 9.37 Å². The third-order valence-electron chi connectivity index (χ3n) is 4.13. The number of nitrogens with one attached hydrogen (secondary N) is 3. The predicted octanol–water partition coefficient (Wildman–Crippen LogP) is 6.77. The second-order valence-corrected chi connectivity index (χ2v) is 7.79. The van der Waals surface area contributed by atoms with Crippen molar-refractivity contribution in [2.75, 3.05) is 10.6 Å². The molecular formula is C20H12BrCl2FN4O.